The van der Waals surface area contributed by atoms with E-state index in [4.69, 9.17) is 23.4 Å². The van der Waals surface area contributed by atoms with Gasteiger partial charge in [0.1, 0.15) is 23.6 Å². The molecule has 8 nitrogen and oxygen atoms in total. The van der Waals surface area contributed by atoms with E-state index in [0.29, 0.717) is 51.1 Å². The number of Topliss-reactive ketones (excluding diaryl/α,β-unsaturated/α-hetero) is 1. The first kappa shape index (κ1) is 27.7. The summed E-state index contributed by atoms with van der Waals surface area (Å²) in [7, 11) is 3.07. The van der Waals surface area contributed by atoms with Crippen LogP contribution < -0.4 is 9.47 Å². The van der Waals surface area contributed by atoms with E-state index in [0.717, 1.165) is 17.4 Å². The summed E-state index contributed by atoms with van der Waals surface area (Å²) < 4.78 is 28.4. The Bertz CT molecular complexity index is 1630. The van der Waals surface area contributed by atoms with Crippen molar-refractivity contribution in [2.75, 3.05) is 20.8 Å². The molecule has 1 aliphatic carbocycles. The highest BCUT2D eigenvalue weighted by Gasteiger charge is 2.48. The molecule has 2 aromatic carbocycles. The van der Waals surface area contributed by atoms with Crippen LogP contribution in [0.2, 0.25) is 0 Å². The number of rotatable bonds is 8. The molecule has 2 unspecified atom stereocenters. The van der Waals surface area contributed by atoms with Crippen LogP contribution >= 0.6 is 0 Å². The number of hydrogen-bond donors (Lipinski definition) is 0. The first-order valence-electron chi connectivity index (χ1n) is 13.2. The van der Waals surface area contributed by atoms with Crippen LogP contribution in [0, 0.1) is 12.8 Å². The monoisotopic (exact) mass is 554 g/mol. The van der Waals surface area contributed by atoms with E-state index >= 15 is 0 Å². The molecule has 2 aliphatic rings. The van der Waals surface area contributed by atoms with Gasteiger partial charge in [0.15, 0.2) is 17.3 Å². The van der Waals surface area contributed by atoms with E-state index < -0.39 is 17.8 Å². The SMILES string of the molecule is CCOC(=O)C1=C(C)C=C2O/C(=C\c3ccc(-c4ccc(C=O)cc4C)o3)C(=O)C2C1c1ccc(OC)c(OC)c1. The van der Waals surface area contributed by atoms with E-state index in [2.05, 4.69) is 0 Å². The highest BCUT2D eigenvalue weighted by atomic mass is 16.5. The maximum atomic E-state index is 13.9. The van der Waals surface area contributed by atoms with Crippen LogP contribution in [0.1, 0.15) is 47.0 Å². The summed E-state index contributed by atoms with van der Waals surface area (Å²) in [5, 5.41) is 0. The van der Waals surface area contributed by atoms with E-state index in [9.17, 15) is 14.4 Å². The second-order valence-corrected chi connectivity index (χ2v) is 9.80. The Morgan fingerprint density at radius 2 is 1.76 bits per heavy atom. The lowest BCUT2D eigenvalue weighted by atomic mass is 9.73. The maximum Gasteiger partial charge on any atom is 0.334 e. The van der Waals surface area contributed by atoms with Crippen molar-refractivity contribution in [2.24, 2.45) is 5.92 Å². The Hall–Kier alpha value is -4.85. The Morgan fingerprint density at radius 1 is 0.976 bits per heavy atom. The lowest BCUT2D eigenvalue weighted by Crippen LogP contribution is -2.29. The van der Waals surface area contributed by atoms with Crippen LogP contribution in [0.4, 0.5) is 0 Å². The topological polar surface area (TPSA) is 101 Å². The number of fused-ring (bicyclic) bond motifs is 1. The van der Waals surface area contributed by atoms with Crippen LogP contribution in [0.25, 0.3) is 17.4 Å². The zero-order valence-electron chi connectivity index (χ0n) is 23.5. The number of carbonyl (C=O) groups is 3. The van der Waals surface area contributed by atoms with Gasteiger partial charge in [-0.15, -0.1) is 0 Å². The Morgan fingerprint density at radius 3 is 2.44 bits per heavy atom. The van der Waals surface area contributed by atoms with Gasteiger partial charge >= 0.3 is 5.97 Å². The molecule has 0 bridgehead atoms. The molecule has 0 N–H and O–H groups in total. The molecule has 0 saturated carbocycles. The lowest BCUT2D eigenvalue weighted by Gasteiger charge is -2.29. The fourth-order valence-electron chi connectivity index (χ4n) is 5.40. The summed E-state index contributed by atoms with van der Waals surface area (Å²) in [6.45, 7) is 5.64. The van der Waals surface area contributed by atoms with E-state index in [1.54, 1.807) is 69.5 Å². The molecular weight excluding hydrogens is 524 g/mol. The molecule has 1 fully saturated rings. The third-order valence-electron chi connectivity index (χ3n) is 7.30. The van der Waals surface area contributed by atoms with Crippen molar-refractivity contribution in [3.05, 3.63) is 99.7 Å². The van der Waals surface area contributed by atoms with Crippen molar-refractivity contribution in [1.82, 2.24) is 0 Å². The van der Waals surface area contributed by atoms with E-state index in [-0.39, 0.29) is 18.1 Å². The average molecular weight is 555 g/mol. The van der Waals surface area contributed by atoms with Gasteiger partial charge in [0.05, 0.1) is 26.7 Å². The van der Waals surface area contributed by atoms with Crippen molar-refractivity contribution in [3.8, 4) is 22.8 Å². The fourth-order valence-corrected chi connectivity index (χ4v) is 5.40. The van der Waals surface area contributed by atoms with Gasteiger partial charge in [0.25, 0.3) is 0 Å². The number of aryl methyl sites for hydroxylation is 1. The number of furan rings is 1. The number of ketones is 1. The van der Waals surface area contributed by atoms with Crippen LogP contribution in [0.3, 0.4) is 0 Å². The van der Waals surface area contributed by atoms with Crippen molar-refractivity contribution in [1.29, 1.82) is 0 Å². The first-order valence-corrected chi connectivity index (χ1v) is 13.2. The van der Waals surface area contributed by atoms with Gasteiger partial charge in [-0.25, -0.2) is 4.79 Å². The third kappa shape index (κ3) is 5.09. The van der Waals surface area contributed by atoms with Crippen LogP contribution in [-0.2, 0) is 19.1 Å². The minimum Gasteiger partial charge on any atom is -0.493 e. The summed E-state index contributed by atoms with van der Waals surface area (Å²) in [6, 6.07) is 14.2. The van der Waals surface area contributed by atoms with Crippen molar-refractivity contribution < 1.29 is 37.7 Å². The molecule has 210 valence electrons. The number of aldehydes is 1. The van der Waals surface area contributed by atoms with Gasteiger partial charge in [-0.05, 0) is 73.9 Å². The fraction of sp³-hybridized carbons (Fsp3) is 0.242. The van der Waals surface area contributed by atoms with Crippen molar-refractivity contribution in [2.45, 2.75) is 26.7 Å². The molecule has 0 amide bonds. The zero-order chi connectivity index (χ0) is 29.3. The molecule has 3 aromatic rings. The van der Waals surface area contributed by atoms with Crippen molar-refractivity contribution >= 4 is 24.1 Å². The Kier molecular flexibility index (Phi) is 7.66. The minimum atomic E-state index is -0.782. The number of ether oxygens (including phenoxy) is 4. The predicted molar refractivity (Wildman–Crippen MR) is 152 cm³/mol. The molecule has 41 heavy (non-hydrogen) atoms. The largest absolute Gasteiger partial charge is 0.493 e. The highest BCUT2D eigenvalue weighted by Crippen LogP contribution is 2.49. The van der Waals surface area contributed by atoms with Gasteiger partial charge in [0.2, 0.25) is 5.78 Å². The molecule has 1 aromatic heterocycles. The standard InChI is InChI=1S/C33H30O8/c1-6-39-33(36)29-19(3)14-27-31(30(29)21-8-11-25(37-4)26(15-21)38-5)32(35)28(41-27)16-22-9-12-24(40-22)23-10-7-20(17-34)13-18(23)2/h7-17,30-31H,6H2,1-5H3/b28-16-. The summed E-state index contributed by atoms with van der Waals surface area (Å²) in [4.78, 5) is 38.2. The maximum absolute atomic E-state index is 13.9. The molecule has 2 heterocycles. The molecule has 1 saturated heterocycles. The zero-order valence-corrected chi connectivity index (χ0v) is 23.5. The molecule has 2 atom stereocenters. The van der Waals surface area contributed by atoms with Gasteiger partial charge in [0, 0.05) is 28.7 Å². The normalized spacial score (nSPS) is 19.0. The van der Waals surface area contributed by atoms with Crippen LogP contribution in [0.5, 0.6) is 11.5 Å². The molecule has 5 rings (SSSR count). The number of benzene rings is 2. The molecular formula is C33H30O8. The van der Waals surface area contributed by atoms with E-state index in [1.807, 2.05) is 19.1 Å². The minimum absolute atomic E-state index is 0.110. The summed E-state index contributed by atoms with van der Waals surface area (Å²) in [5.41, 5.74) is 4.03. The molecule has 1 aliphatic heterocycles. The smallest absolute Gasteiger partial charge is 0.334 e. The lowest BCUT2D eigenvalue weighted by molar-refractivity contribution is -0.139. The quantitative estimate of drug-likeness (QED) is 0.184. The van der Waals surface area contributed by atoms with Gasteiger partial charge < -0.3 is 23.4 Å². The molecule has 0 spiro atoms. The van der Waals surface area contributed by atoms with Crippen molar-refractivity contribution in [3.63, 3.8) is 0 Å². The molecule has 8 heteroatoms. The number of esters is 1. The summed E-state index contributed by atoms with van der Waals surface area (Å²) >= 11 is 0. The van der Waals surface area contributed by atoms with E-state index in [1.165, 1.54) is 7.11 Å². The van der Waals surface area contributed by atoms with Gasteiger partial charge in [-0.3, -0.25) is 9.59 Å². The Balaban J connectivity index is 1.53. The number of hydrogen-bond acceptors (Lipinski definition) is 8. The van der Waals surface area contributed by atoms with Crippen LogP contribution in [-0.4, -0.2) is 38.9 Å². The van der Waals surface area contributed by atoms with Crippen LogP contribution in [0.15, 0.2) is 81.7 Å². The number of carbonyl (C=O) groups excluding carboxylic acids is 3. The highest BCUT2D eigenvalue weighted by molar-refractivity contribution is 6.06. The predicted octanol–water partition coefficient (Wildman–Crippen LogP) is 6.20. The Labute approximate surface area is 237 Å². The van der Waals surface area contributed by atoms with Gasteiger partial charge in [-0.1, -0.05) is 18.2 Å². The number of allylic oxidation sites excluding steroid dienone is 4. The average Bonchev–Trinajstić information content (AvgIpc) is 3.55. The second-order valence-electron chi connectivity index (χ2n) is 9.80. The summed E-state index contributed by atoms with van der Waals surface area (Å²) in [6.07, 6.45) is 4.08. The summed E-state index contributed by atoms with van der Waals surface area (Å²) in [5.74, 6) is 0.361. The van der Waals surface area contributed by atoms with Gasteiger partial charge in [-0.2, -0.15) is 0 Å². The third-order valence-corrected chi connectivity index (χ3v) is 7.30. The second kappa shape index (κ2) is 11.3. The number of methoxy groups -OCH3 is 2. The molecule has 0 radical (unpaired) electrons. The first-order chi connectivity index (χ1) is 19.8.